The molecule has 0 saturated carbocycles. The number of hydrogen-bond donors (Lipinski definition) is 1. The van der Waals surface area contributed by atoms with Gasteiger partial charge in [0.25, 0.3) is 0 Å². The molecule has 0 aromatic heterocycles. The average Bonchev–Trinajstić information content (AvgIpc) is 2.84. The van der Waals surface area contributed by atoms with Crippen LogP contribution in [0.3, 0.4) is 0 Å². The largest absolute Gasteiger partial charge is 0.386 e. The van der Waals surface area contributed by atoms with Crippen LogP contribution in [0, 0.1) is 5.92 Å². The molecule has 0 fully saturated rings. The van der Waals surface area contributed by atoms with E-state index >= 15 is 0 Å². The Hall–Kier alpha value is -2.16. The third-order valence-corrected chi connectivity index (χ3v) is 6.08. The molecule has 2 rings (SSSR count). The average molecular weight is 496 g/mol. The highest BCUT2D eigenvalue weighted by atomic mass is 35.5. The summed E-state index contributed by atoms with van der Waals surface area (Å²) in [5, 5.41) is 11.2. The van der Waals surface area contributed by atoms with E-state index in [1.54, 1.807) is 0 Å². The van der Waals surface area contributed by atoms with Crippen molar-refractivity contribution in [2.24, 2.45) is 10.9 Å². The molecule has 1 N–H and O–H groups in total. The Bertz CT molecular complexity index is 914. The Morgan fingerprint density at radius 3 is 2.69 bits per heavy atom. The van der Waals surface area contributed by atoms with Crippen molar-refractivity contribution < 1.29 is 5.11 Å². The smallest absolute Gasteiger partial charge is 0.0806 e. The van der Waals surface area contributed by atoms with Crippen molar-refractivity contribution in [3.8, 4) is 0 Å². The zero-order valence-electron chi connectivity index (χ0n) is 22.7. The number of allylic oxidation sites excluding steroid dienone is 14. The van der Waals surface area contributed by atoms with E-state index in [4.69, 9.17) is 16.6 Å². The fourth-order valence-corrected chi connectivity index (χ4v) is 4.43. The number of hydrogen-bond acceptors (Lipinski definition) is 2. The van der Waals surface area contributed by atoms with Gasteiger partial charge in [0.05, 0.1) is 17.9 Å². The van der Waals surface area contributed by atoms with Crippen molar-refractivity contribution in [2.75, 3.05) is 6.54 Å². The normalized spacial score (nSPS) is 21.0. The first-order valence-corrected chi connectivity index (χ1v) is 13.6. The molecule has 2 aliphatic carbocycles. The van der Waals surface area contributed by atoms with E-state index in [1.165, 1.54) is 5.57 Å². The molecule has 192 valence electrons. The molecule has 1 unspecified atom stereocenters. The molecule has 0 aromatic carbocycles. The molecule has 2 nitrogen and oxygen atoms in total. The van der Waals surface area contributed by atoms with E-state index in [0.717, 1.165) is 60.4 Å². The van der Waals surface area contributed by atoms with Crippen LogP contribution in [-0.4, -0.2) is 23.0 Å². The first kappa shape index (κ1) is 30.9. The van der Waals surface area contributed by atoms with Crippen molar-refractivity contribution in [1.29, 1.82) is 0 Å². The monoisotopic (exact) mass is 495 g/mol. The van der Waals surface area contributed by atoms with Crippen LogP contribution in [0.15, 0.2) is 99.7 Å². The van der Waals surface area contributed by atoms with E-state index in [1.807, 2.05) is 45.9 Å². The predicted molar refractivity (Wildman–Crippen MR) is 157 cm³/mol. The third kappa shape index (κ3) is 11.9. The minimum Gasteiger partial charge on any atom is -0.386 e. The zero-order valence-corrected chi connectivity index (χ0v) is 23.5. The molecule has 0 bridgehead atoms. The number of aliphatic hydroxyl groups is 1. The van der Waals surface area contributed by atoms with Gasteiger partial charge in [-0.1, -0.05) is 98.7 Å². The lowest BCUT2D eigenvalue weighted by atomic mass is 9.79. The first-order valence-electron chi connectivity index (χ1n) is 13.2. The van der Waals surface area contributed by atoms with Crippen molar-refractivity contribution in [3.05, 3.63) is 94.7 Å². The molecule has 2 aliphatic rings. The second-order valence-electron chi connectivity index (χ2n) is 9.08. The maximum Gasteiger partial charge on any atom is 0.0806 e. The maximum atomic E-state index is 10.5. The van der Waals surface area contributed by atoms with Gasteiger partial charge in [0, 0.05) is 5.03 Å². The Morgan fingerprint density at radius 1 is 1.23 bits per heavy atom. The fraction of sp³-hybridized carbons (Fsp3) is 0.469. The quantitative estimate of drug-likeness (QED) is 0.224. The summed E-state index contributed by atoms with van der Waals surface area (Å²) >= 11 is 6.14. The Balaban J connectivity index is 0.00000298. The number of aliphatic imine (C=N–C) groups is 1. The summed E-state index contributed by atoms with van der Waals surface area (Å²) in [6.07, 6.45) is 31.5. The Kier molecular flexibility index (Phi) is 15.3. The minimum absolute atomic E-state index is 0.435. The highest BCUT2D eigenvalue weighted by Crippen LogP contribution is 2.33. The van der Waals surface area contributed by atoms with Gasteiger partial charge in [-0.15, -0.1) is 0 Å². The Morgan fingerprint density at radius 2 is 2.00 bits per heavy atom. The molecule has 0 amide bonds. The van der Waals surface area contributed by atoms with Gasteiger partial charge in [0.15, 0.2) is 0 Å². The highest BCUT2D eigenvalue weighted by molar-refractivity contribution is 6.34. The van der Waals surface area contributed by atoms with E-state index < -0.39 is 5.60 Å². The van der Waals surface area contributed by atoms with Crippen molar-refractivity contribution in [2.45, 2.75) is 85.7 Å². The molecular formula is C32H46ClNO. The van der Waals surface area contributed by atoms with Crippen LogP contribution in [-0.2, 0) is 0 Å². The summed E-state index contributed by atoms with van der Waals surface area (Å²) in [4.78, 5) is 4.70. The third-order valence-electron chi connectivity index (χ3n) is 5.84. The number of rotatable bonds is 11. The molecule has 3 heteroatoms. The van der Waals surface area contributed by atoms with Crippen molar-refractivity contribution >= 4 is 17.3 Å². The van der Waals surface area contributed by atoms with E-state index in [0.29, 0.717) is 12.5 Å². The molecular weight excluding hydrogens is 450 g/mol. The topological polar surface area (TPSA) is 32.6 Å². The summed E-state index contributed by atoms with van der Waals surface area (Å²) in [6.45, 7) is 12.6. The molecule has 0 aromatic rings. The van der Waals surface area contributed by atoms with Crippen LogP contribution in [0.2, 0.25) is 0 Å². The summed E-state index contributed by atoms with van der Waals surface area (Å²) in [5.74, 6) is 0.435. The summed E-state index contributed by atoms with van der Waals surface area (Å²) in [6, 6.07) is 0. The van der Waals surface area contributed by atoms with Crippen LogP contribution in [0.4, 0.5) is 0 Å². The second-order valence-corrected chi connectivity index (χ2v) is 9.51. The lowest BCUT2D eigenvalue weighted by molar-refractivity contribution is 0.105. The maximum absolute atomic E-state index is 10.5. The summed E-state index contributed by atoms with van der Waals surface area (Å²) in [7, 11) is 0. The predicted octanol–water partition coefficient (Wildman–Crippen LogP) is 9.37. The van der Waals surface area contributed by atoms with Gasteiger partial charge in [0.1, 0.15) is 0 Å². The van der Waals surface area contributed by atoms with Crippen molar-refractivity contribution in [3.63, 3.8) is 0 Å². The van der Waals surface area contributed by atoms with E-state index in [2.05, 4.69) is 68.5 Å². The van der Waals surface area contributed by atoms with E-state index in [-0.39, 0.29) is 0 Å². The lowest BCUT2D eigenvalue weighted by Crippen LogP contribution is -2.28. The minimum atomic E-state index is -0.742. The number of halogens is 1. The van der Waals surface area contributed by atoms with Gasteiger partial charge in [-0.2, -0.15) is 0 Å². The molecule has 0 spiro atoms. The van der Waals surface area contributed by atoms with Gasteiger partial charge in [-0.3, -0.25) is 4.99 Å². The summed E-state index contributed by atoms with van der Waals surface area (Å²) in [5.41, 5.74) is 3.88. The van der Waals surface area contributed by atoms with Crippen LogP contribution < -0.4 is 0 Å². The molecule has 1 atom stereocenters. The lowest BCUT2D eigenvalue weighted by Gasteiger charge is -2.30. The van der Waals surface area contributed by atoms with Crippen molar-refractivity contribution in [1.82, 2.24) is 0 Å². The first-order chi connectivity index (χ1) is 16.8. The van der Waals surface area contributed by atoms with Crippen LogP contribution in [0.25, 0.3) is 0 Å². The Labute approximate surface area is 220 Å². The number of nitrogens with zero attached hydrogens (tertiary/aromatic N) is 1. The van der Waals surface area contributed by atoms with Gasteiger partial charge < -0.3 is 5.11 Å². The fourth-order valence-electron chi connectivity index (χ4n) is 4.26. The molecule has 0 heterocycles. The molecule has 0 aliphatic heterocycles. The van der Waals surface area contributed by atoms with E-state index in [9.17, 15) is 5.11 Å². The van der Waals surface area contributed by atoms with Crippen LogP contribution in [0.1, 0.15) is 80.1 Å². The zero-order chi connectivity index (χ0) is 26.1. The standard InChI is InChI=1S/C30H40ClNO.C2H6/c1-5-13-24(16-12-18-25-17-9-10-19-28(25)30(3,4)33)15-8-7-11-22-32-29-23-27(31)21-20-26(29)14-6-2;1-2/h5,7,9-11,13-15,19-21,23,25,33H,6,8,12,16-18,22H2,1-4H3;1-2H3/b11-7+,13-5-,24-15+,26-14-,32-29?;. The van der Waals surface area contributed by atoms with Crippen LogP contribution >= 0.6 is 11.6 Å². The van der Waals surface area contributed by atoms with Gasteiger partial charge in [0.2, 0.25) is 0 Å². The van der Waals surface area contributed by atoms with Gasteiger partial charge in [-0.05, 0) is 88.5 Å². The highest BCUT2D eigenvalue weighted by Gasteiger charge is 2.27. The summed E-state index contributed by atoms with van der Waals surface area (Å²) < 4.78 is 0. The molecule has 35 heavy (non-hydrogen) atoms. The van der Waals surface area contributed by atoms with Gasteiger partial charge in [-0.25, -0.2) is 0 Å². The molecule has 0 saturated heterocycles. The van der Waals surface area contributed by atoms with Gasteiger partial charge >= 0.3 is 0 Å². The SMILES string of the molecule is C/C=C\C(=C/C/C=C/CN=C1C=C(Cl)C=C/C1=C/CC)CCCC1CC=CC=C1C(C)(C)O.CC. The van der Waals surface area contributed by atoms with Crippen LogP contribution in [0.5, 0.6) is 0 Å². The second kappa shape index (κ2) is 17.3. The molecule has 0 radical (unpaired) electrons.